The highest BCUT2D eigenvalue weighted by Crippen LogP contribution is 2.16. The summed E-state index contributed by atoms with van der Waals surface area (Å²) in [7, 11) is 0. The zero-order valence-electron chi connectivity index (χ0n) is 9.95. The van der Waals surface area contributed by atoms with Crippen molar-refractivity contribution in [2.24, 2.45) is 5.92 Å². The van der Waals surface area contributed by atoms with Gasteiger partial charge in [-0.3, -0.25) is 9.59 Å². The highest BCUT2D eigenvalue weighted by Gasteiger charge is 2.26. The lowest BCUT2D eigenvalue weighted by molar-refractivity contribution is -0.141. The van der Waals surface area contributed by atoms with Gasteiger partial charge in [-0.15, -0.1) is 0 Å². The van der Waals surface area contributed by atoms with Crippen molar-refractivity contribution in [2.45, 2.75) is 52.5 Å². The number of likely N-dealkylation sites (tertiary alicyclic amines) is 1. The first-order valence-corrected chi connectivity index (χ1v) is 5.82. The van der Waals surface area contributed by atoms with Crippen LogP contribution in [0.15, 0.2) is 0 Å². The molecule has 1 saturated heterocycles. The van der Waals surface area contributed by atoms with Crippen LogP contribution in [0.5, 0.6) is 0 Å². The van der Waals surface area contributed by atoms with Crippen molar-refractivity contribution in [2.75, 3.05) is 6.54 Å². The number of ketones is 1. The van der Waals surface area contributed by atoms with Crippen LogP contribution in [0.3, 0.4) is 0 Å². The summed E-state index contributed by atoms with van der Waals surface area (Å²) in [6.07, 6.45) is 2.83. The molecule has 1 heterocycles. The smallest absolute Gasteiger partial charge is 0.230 e. The standard InChI is InChI=1S/C12H21NO2/c1-9(2)4-5-10(3)13-7-6-11(14)8-12(13)15/h9-10H,4-8H2,1-3H3. The van der Waals surface area contributed by atoms with Gasteiger partial charge in [0.1, 0.15) is 5.78 Å². The maximum absolute atomic E-state index is 11.6. The predicted molar refractivity (Wildman–Crippen MR) is 59.5 cm³/mol. The molecule has 86 valence electrons. The fourth-order valence-electron chi connectivity index (χ4n) is 1.93. The first kappa shape index (κ1) is 12.2. The summed E-state index contributed by atoms with van der Waals surface area (Å²) in [4.78, 5) is 24.5. The van der Waals surface area contributed by atoms with E-state index in [1.54, 1.807) is 0 Å². The molecule has 0 saturated carbocycles. The Labute approximate surface area is 91.8 Å². The zero-order chi connectivity index (χ0) is 11.4. The Hall–Kier alpha value is -0.860. The Kier molecular flexibility index (Phi) is 4.30. The average Bonchev–Trinajstić information content (AvgIpc) is 2.14. The van der Waals surface area contributed by atoms with E-state index in [1.807, 2.05) is 4.90 Å². The van der Waals surface area contributed by atoms with E-state index in [9.17, 15) is 9.59 Å². The molecule has 1 aliphatic rings. The van der Waals surface area contributed by atoms with Crippen LogP contribution in [0.4, 0.5) is 0 Å². The number of nitrogens with zero attached hydrogens (tertiary/aromatic N) is 1. The van der Waals surface area contributed by atoms with Crippen LogP contribution in [-0.4, -0.2) is 29.2 Å². The van der Waals surface area contributed by atoms with Crippen molar-refractivity contribution in [3.8, 4) is 0 Å². The molecule has 1 amide bonds. The molecule has 1 rings (SSSR count). The lowest BCUT2D eigenvalue weighted by atomic mass is 10.0. The fraction of sp³-hybridized carbons (Fsp3) is 0.833. The molecule has 1 fully saturated rings. The van der Waals surface area contributed by atoms with Gasteiger partial charge in [0.2, 0.25) is 5.91 Å². The van der Waals surface area contributed by atoms with Crippen LogP contribution in [0.2, 0.25) is 0 Å². The molecule has 3 heteroatoms. The van der Waals surface area contributed by atoms with E-state index in [-0.39, 0.29) is 24.2 Å². The van der Waals surface area contributed by atoms with Crippen LogP contribution >= 0.6 is 0 Å². The van der Waals surface area contributed by atoms with Gasteiger partial charge in [-0.1, -0.05) is 13.8 Å². The number of carbonyl (C=O) groups is 2. The molecule has 0 bridgehead atoms. The molecule has 0 spiro atoms. The Morgan fingerprint density at radius 1 is 1.20 bits per heavy atom. The predicted octanol–water partition coefficient (Wildman–Crippen LogP) is 2.00. The van der Waals surface area contributed by atoms with E-state index in [0.717, 1.165) is 12.8 Å². The lowest BCUT2D eigenvalue weighted by Crippen LogP contribution is -2.44. The number of hydrogen-bond acceptors (Lipinski definition) is 2. The largest absolute Gasteiger partial charge is 0.339 e. The van der Waals surface area contributed by atoms with Gasteiger partial charge >= 0.3 is 0 Å². The van der Waals surface area contributed by atoms with Crippen LogP contribution in [-0.2, 0) is 9.59 Å². The Morgan fingerprint density at radius 3 is 2.40 bits per heavy atom. The molecule has 1 atom stereocenters. The van der Waals surface area contributed by atoms with Crippen molar-refractivity contribution in [1.82, 2.24) is 4.90 Å². The number of amides is 1. The number of Topliss-reactive ketones (excluding diaryl/α,β-unsaturated/α-hetero) is 1. The van der Waals surface area contributed by atoms with Gasteiger partial charge in [0.25, 0.3) is 0 Å². The second kappa shape index (κ2) is 5.29. The van der Waals surface area contributed by atoms with Crippen LogP contribution in [0, 0.1) is 5.92 Å². The minimum absolute atomic E-state index is 0.0162. The Morgan fingerprint density at radius 2 is 1.87 bits per heavy atom. The van der Waals surface area contributed by atoms with Gasteiger partial charge in [0.15, 0.2) is 0 Å². The topological polar surface area (TPSA) is 37.4 Å². The number of carbonyl (C=O) groups excluding carboxylic acids is 2. The molecule has 0 aromatic carbocycles. The molecule has 3 nitrogen and oxygen atoms in total. The summed E-state index contributed by atoms with van der Waals surface area (Å²) in [5, 5.41) is 0. The van der Waals surface area contributed by atoms with Crippen molar-refractivity contribution in [1.29, 1.82) is 0 Å². The number of piperidine rings is 1. The Bertz CT molecular complexity index is 248. The second-order valence-corrected chi connectivity index (χ2v) is 4.87. The minimum atomic E-state index is 0.0162. The molecular weight excluding hydrogens is 190 g/mol. The fourth-order valence-corrected chi connectivity index (χ4v) is 1.93. The molecule has 1 unspecified atom stereocenters. The quantitative estimate of drug-likeness (QED) is 0.667. The van der Waals surface area contributed by atoms with Gasteiger partial charge < -0.3 is 4.90 Å². The minimum Gasteiger partial charge on any atom is -0.339 e. The Balaban J connectivity index is 2.41. The maximum atomic E-state index is 11.6. The van der Waals surface area contributed by atoms with Crippen molar-refractivity contribution in [3.63, 3.8) is 0 Å². The monoisotopic (exact) mass is 211 g/mol. The second-order valence-electron chi connectivity index (χ2n) is 4.87. The third-order valence-corrected chi connectivity index (χ3v) is 2.99. The maximum Gasteiger partial charge on any atom is 0.230 e. The van der Waals surface area contributed by atoms with Crippen LogP contribution < -0.4 is 0 Å². The summed E-state index contributed by atoms with van der Waals surface area (Å²) in [5.41, 5.74) is 0. The van der Waals surface area contributed by atoms with Gasteiger partial charge in [0, 0.05) is 19.0 Å². The van der Waals surface area contributed by atoms with E-state index in [2.05, 4.69) is 20.8 Å². The SMILES string of the molecule is CC(C)CCC(C)N1CCC(=O)CC1=O. The van der Waals surface area contributed by atoms with Crippen LogP contribution in [0.1, 0.15) is 46.5 Å². The van der Waals surface area contributed by atoms with Crippen molar-refractivity contribution >= 4 is 11.7 Å². The summed E-state index contributed by atoms with van der Waals surface area (Å²) in [6, 6.07) is 0.285. The van der Waals surface area contributed by atoms with E-state index < -0.39 is 0 Å². The van der Waals surface area contributed by atoms with Gasteiger partial charge in [-0.05, 0) is 25.7 Å². The summed E-state index contributed by atoms with van der Waals surface area (Å²) in [5.74, 6) is 0.781. The highest BCUT2D eigenvalue weighted by molar-refractivity contribution is 6.00. The summed E-state index contributed by atoms with van der Waals surface area (Å²) in [6.45, 7) is 7.08. The number of rotatable bonds is 4. The lowest BCUT2D eigenvalue weighted by Gasteiger charge is -2.32. The highest BCUT2D eigenvalue weighted by atomic mass is 16.2. The molecule has 0 radical (unpaired) electrons. The van der Waals surface area contributed by atoms with Gasteiger partial charge in [-0.2, -0.15) is 0 Å². The van der Waals surface area contributed by atoms with Gasteiger partial charge in [0.05, 0.1) is 6.42 Å². The first-order valence-electron chi connectivity index (χ1n) is 5.82. The summed E-state index contributed by atoms with van der Waals surface area (Å²) >= 11 is 0. The van der Waals surface area contributed by atoms with E-state index >= 15 is 0 Å². The molecule has 0 aromatic rings. The van der Waals surface area contributed by atoms with Crippen LogP contribution in [0.25, 0.3) is 0 Å². The average molecular weight is 211 g/mol. The first-order chi connectivity index (χ1) is 7.00. The summed E-state index contributed by atoms with van der Waals surface area (Å²) < 4.78 is 0. The molecule has 0 aliphatic carbocycles. The molecular formula is C12H21NO2. The van der Waals surface area contributed by atoms with Crippen molar-refractivity contribution < 1.29 is 9.59 Å². The molecule has 0 aromatic heterocycles. The normalized spacial score (nSPS) is 19.9. The molecule has 0 N–H and O–H groups in total. The zero-order valence-corrected chi connectivity index (χ0v) is 9.95. The third kappa shape index (κ3) is 3.65. The number of hydrogen-bond donors (Lipinski definition) is 0. The third-order valence-electron chi connectivity index (χ3n) is 2.99. The van der Waals surface area contributed by atoms with E-state index in [0.29, 0.717) is 18.9 Å². The van der Waals surface area contributed by atoms with Gasteiger partial charge in [-0.25, -0.2) is 0 Å². The molecule has 1 aliphatic heterocycles. The van der Waals surface area contributed by atoms with E-state index in [4.69, 9.17) is 0 Å². The van der Waals surface area contributed by atoms with Crippen molar-refractivity contribution in [3.05, 3.63) is 0 Å². The molecule has 15 heavy (non-hydrogen) atoms. The van der Waals surface area contributed by atoms with E-state index in [1.165, 1.54) is 0 Å².